The number of nitrogens with one attached hydrogen (secondary N) is 1. The van der Waals surface area contributed by atoms with Crippen LogP contribution in [0.5, 0.6) is 11.5 Å². The highest BCUT2D eigenvalue weighted by Gasteiger charge is 2.27. The molecule has 42 heavy (non-hydrogen) atoms. The Balaban J connectivity index is 1.23. The Morgan fingerprint density at radius 2 is 1.79 bits per heavy atom. The molecule has 2 atom stereocenters. The van der Waals surface area contributed by atoms with Gasteiger partial charge in [-0.2, -0.15) is 0 Å². The number of benzene rings is 3. The van der Waals surface area contributed by atoms with Crippen molar-refractivity contribution in [2.75, 3.05) is 59.1 Å². The van der Waals surface area contributed by atoms with Gasteiger partial charge in [0.15, 0.2) is 0 Å². The first-order chi connectivity index (χ1) is 20.6. The minimum Gasteiger partial charge on any atom is -0.496 e. The molecule has 8 nitrogen and oxygen atoms in total. The monoisotopic (exact) mass is 576 g/mol. The van der Waals surface area contributed by atoms with E-state index < -0.39 is 0 Å². The van der Waals surface area contributed by atoms with E-state index in [1.165, 1.54) is 5.56 Å². The molecule has 0 bridgehead atoms. The van der Waals surface area contributed by atoms with E-state index in [2.05, 4.69) is 17.4 Å². The third-order valence-electron chi connectivity index (χ3n) is 7.54. The van der Waals surface area contributed by atoms with E-state index in [0.717, 1.165) is 54.2 Å². The van der Waals surface area contributed by atoms with Crippen molar-refractivity contribution in [2.24, 2.45) is 0 Å². The van der Waals surface area contributed by atoms with Gasteiger partial charge in [-0.3, -0.25) is 4.79 Å². The molecule has 3 aromatic carbocycles. The second kappa shape index (κ2) is 16.9. The summed E-state index contributed by atoms with van der Waals surface area (Å²) in [6.45, 7) is 4.39. The fourth-order valence-corrected chi connectivity index (χ4v) is 5.11. The van der Waals surface area contributed by atoms with Crippen LogP contribution < -0.4 is 19.7 Å². The summed E-state index contributed by atoms with van der Waals surface area (Å²) in [7, 11) is 5.07. The van der Waals surface area contributed by atoms with E-state index in [0.29, 0.717) is 45.4 Å². The van der Waals surface area contributed by atoms with E-state index in [1.807, 2.05) is 60.7 Å². The quantitative estimate of drug-likeness (QED) is 0.231. The van der Waals surface area contributed by atoms with Crippen molar-refractivity contribution in [1.29, 1.82) is 0 Å². The summed E-state index contributed by atoms with van der Waals surface area (Å²) in [4.78, 5) is 14.1. The molecule has 1 saturated heterocycles. The maximum Gasteiger partial charge on any atom is 0.229 e. The Labute approximate surface area is 249 Å². The van der Waals surface area contributed by atoms with Crippen LogP contribution in [-0.2, 0) is 32.2 Å². The van der Waals surface area contributed by atoms with Crippen molar-refractivity contribution < 1.29 is 28.5 Å². The summed E-state index contributed by atoms with van der Waals surface area (Å²) >= 11 is 0. The second-order valence-electron chi connectivity index (χ2n) is 10.4. The van der Waals surface area contributed by atoms with Gasteiger partial charge in [-0.1, -0.05) is 42.5 Å². The molecule has 1 heterocycles. The lowest BCUT2D eigenvalue weighted by Crippen LogP contribution is -2.40. The van der Waals surface area contributed by atoms with E-state index in [1.54, 1.807) is 26.2 Å². The molecule has 226 valence electrons. The Morgan fingerprint density at radius 1 is 0.952 bits per heavy atom. The fourth-order valence-electron chi connectivity index (χ4n) is 5.11. The molecule has 0 radical (unpaired) electrons. The van der Waals surface area contributed by atoms with Gasteiger partial charge < -0.3 is 33.9 Å². The number of hydrogen-bond acceptors (Lipinski definition) is 7. The molecule has 3 aromatic rings. The highest BCUT2D eigenvalue weighted by Crippen LogP contribution is 2.30. The molecule has 0 aliphatic carbocycles. The second-order valence-corrected chi connectivity index (χ2v) is 10.4. The number of amides is 1. The van der Waals surface area contributed by atoms with Gasteiger partial charge in [0.1, 0.15) is 11.5 Å². The molecule has 0 saturated carbocycles. The van der Waals surface area contributed by atoms with Gasteiger partial charge in [0.05, 0.1) is 52.7 Å². The van der Waals surface area contributed by atoms with E-state index in [9.17, 15) is 4.79 Å². The van der Waals surface area contributed by atoms with Gasteiger partial charge in [0.25, 0.3) is 0 Å². The number of rotatable bonds is 16. The molecule has 1 amide bonds. The number of nitrogens with zero attached hydrogens (tertiary/aromatic N) is 1. The molecule has 0 unspecified atom stereocenters. The van der Waals surface area contributed by atoms with Gasteiger partial charge in [0, 0.05) is 44.3 Å². The van der Waals surface area contributed by atoms with Crippen molar-refractivity contribution >= 4 is 11.6 Å². The minimum atomic E-state index is 0.0244. The van der Waals surface area contributed by atoms with Crippen LogP contribution in [-0.4, -0.2) is 66.2 Å². The number of hydrogen-bond donors (Lipinski definition) is 1. The predicted molar refractivity (Wildman–Crippen MR) is 164 cm³/mol. The lowest BCUT2D eigenvalue weighted by Gasteiger charge is -2.32. The van der Waals surface area contributed by atoms with E-state index in [4.69, 9.17) is 23.7 Å². The van der Waals surface area contributed by atoms with Gasteiger partial charge in [-0.25, -0.2) is 0 Å². The van der Waals surface area contributed by atoms with Crippen LogP contribution in [0.25, 0.3) is 0 Å². The number of para-hydroxylation sites is 1. The molecule has 8 heteroatoms. The highest BCUT2D eigenvalue weighted by atomic mass is 16.5. The minimum absolute atomic E-state index is 0.0244. The van der Waals surface area contributed by atoms with E-state index in [-0.39, 0.29) is 12.0 Å². The van der Waals surface area contributed by atoms with Crippen molar-refractivity contribution in [3.05, 3.63) is 89.5 Å². The zero-order valence-corrected chi connectivity index (χ0v) is 25.1. The summed E-state index contributed by atoms with van der Waals surface area (Å²) in [5, 5.41) is 3.47. The van der Waals surface area contributed by atoms with Crippen molar-refractivity contribution in [1.82, 2.24) is 5.32 Å². The first kappa shape index (κ1) is 31.5. The standard InChI is InChI=1S/C34H44N2O6/c1-36(34(37)17-21-38-2)29-10-6-8-26(22-29)24-42-33-23-35-18-16-31(33)27-12-14-30(15-13-27)41-20-7-19-40-25-28-9-4-5-11-32(28)39-3/h4-6,8-15,22,31,33,35H,7,16-21,23-25H2,1-3H3/t31-,33+/m1/s1. The molecule has 1 N–H and O–H groups in total. The summed E-state index contributed by atoms with van der Waals surface area (Å²) in [6, 6.07) is 24.3. The summed E-state index contributed by atoms with van der Waals surface area (Å²) in [5.41, 5.74) is 4.20. The van der Waals surface area contributed by atoms with Crippen LogP contribution >= 0.6 is 0 Å². The zero-order chi connectivity index (χ0) is 29.6. The number of methoxy groups -OCH3 is 2. The largest absolute Gasteiger partial charge is 0.496 e. The number of anilines is 1. The van der Waals surface area contributed by atoms with Crippen molar-refractivity contribution in [2.45, 2.75) is 44.5 Å². The molecular weight excluding hydrogens is 532 g/mol. The Bertz CT molecular complexity index is 1230. The lowest BCUT2D eigenvalue weighted by atomic mass is 9.87. The van der Waals surface area contributed by atoms with Crippen LogP contribution in [0, 0.1) is 0 Å². The molecule has 0 spiro atoms. The highest BCUT2D eigenvalue weighted by molar-refractivity contribution is 5.92. The predicted octanol–water partition coefficient (Wildman–Crippen LogP) is 5.34. The van der Waals surface area contributed by atoms with Crippen LogP contribution in [0.2, 0.25) is 0 Å². The zero-order valence-electron chi connectivity index (χ0n) is 25.1. The maximum atomic E-state index is 12.4. The molecule has 0 aromatic heterocycles. The summed E-state index contributed by atoms with van der Waals surface area (Å²) in [5.74, 6) is 2.02. The van der Waals surface area contributed by atoms with Crippen LogP contribution in [0.3, 0.4) is 0 Å². The average Bonchev–Trinajstić information content (AvgIpc) is 3.04. The number of piperidine rings is 1. The third kappa shape index (κ3) is 9.29. The number of carbonyl (C=O) groups is 1. The van der Waals surface area contributed by atoms with Gasteiger partial charge in [-0.15, -0.1) is 0 Å². The van der Waals surface area contributed by atoms with Gasteiger partial charge in [-0.05, 0) is 54.4 Å². The lowest BCUT2D eigenvalue weighted by molar-refractivity contribution is -0.119. The Hall–Kier alpha value is -3.43. The smallest absolute Gasteiger partial charge is 0.229 e. The topological polar surface area (TPSA) is 78.5 Å². The molecule has 4 rings (SSSR count). The van der Waals surface area contributed by atoms with Crippen LogP contribution in [0.1, 0.15) is 41.9 Å². The normalized spacial score (nSPS) is 16.6. The van der Waals surface area contributed by atoms with Gasteiger partial charge in [0.2, 0.25) is 5.91 Å². The first-order valence-corrected chi connectivity index (χ1v) is 14.7. The third-order valence-corrected chi connectivity index (χ3v) is 7.54. The van der Waals surface area contributed by atoms with Crippen LogP contribution in [0.4, 0.5) is 5.69 Å². The first-order valence-electron chi connectivity index (χ1n) is 14.7. The molecule has 1 aliphatic rings. The van der Waals surface area contributed by atoms with Crippen LogP contribution in [0.15, 0.2) is 72.8 Å². The van der Waals surface area contributed by atoms with E-state index >= 15 is 0 Å². The average molecular weight is 577 g/mol. The molecule has 1 aliphatic heterocycles. The van der Waals surface area contributed by atoms with Crippen molar-refractivity contribution in [3.8, 4) is 11.5 Å². The number of carbonyl (C=O) groups excluding carboxylic acids is 1. The SMILES string of the molecule is COCCC(=O)N(C)c1cccc(CO[C@H]2CNCC[C@@H]2c2ccc(OCCCOCc3ccccc3OC)cc2)c1. The summed E-state index contributed by atoms with van der Waals surface area (Å²) in [6.07, 6.45) is 2.21. The Morgan fingerprint density at radius 3 is 2.60 bits per heavy atom. The Kier molecular flexibility index (Phi) is 12.7. The van der Waals surface area contributed by atoms with Crippen molar-refractivity contribution in [3.63, 3.8) is 0 Å². The molecular formula is C34H44N2O6. The fraction of sp³-hybridized carbons (Fsp3) is 0.441. The maximum absolute atomic E-state index is 12.4. The van der Waals surface area contributed by atoms with Gasteiger partial charge >= 0.3 is 0 Å². The number of ether oxygens (including phenoxy) is 5. The molecule has 1 fully saturated rings. The summed E-state index contributed by atoms with van der Waals surface area (Å²) < 4.78 is 28.6.